The maximum atomic E-state index is 13.1. The zero-order chi connectivity index (χ0) is 22.8. The normalized spacial score (nSPS) is 17.2. The second-order valence-corrected chi connectivity index (χ2v) is 7.75. The molecule has 0 radical (unpaired) electrons. The van der Waals surface area contributed by atoms with Crippen molar-refractivity contribution in [3.63, 3.8) is 0 Å². The molecule has 2 rings (SSSR count). The van der Waals surface area contributed by atoms with Crippen molar-refractivity contribution in [2.45, 2.75) is 45.8 Å². The number of halogens is 1. The summed E-state index contributed by atoms with van der Waals surface area (Å²) in [6.07, 6.45) is -0.696. The molecule has 0 aromatic heterocycles. The zero-order valence-electron chi connectivity index (χ0n) is 17.3. The third-order valence-electron chi connectivity index (χ3n) is 4.79. The van der Waals surface area contributed by atoms with Crippen LogP contribution in [0.2, 0.25) is 5.02 Å². The highest BCUT2D eigenvalue weighted by molar-refractivity contribution is 6.34. The molecule has 1 aliphatic rings. The molecule has 0 bridgehead atoms. The lowest BCUT2D eigenvalue weighted by Gasteiger charge is -2.25. The van der Waals surface area contributed by atoms with Crippen molar-refractivity contribution in [2.75, 3.05) is 12.4 Å². The number of amides is 3. The lowest BCUT2D eigenvalue weighted by molar-refractivity contribution is -0.144. The minimum absolute atomic E-state index is 0.0193. The Bertz CT molecular complexity index is 912. The van der Waals surface area contributed by atoms with Gasteiger partial charge in [0.1, 0.15) is 0 Å². The molecule has 30 heavy (non-hydrogen) atoms. The van der Waals surface area contributed by atoms with E-state index in [1.165, 1.54) is 39.2 Å². The standard InChI is InChI=1S/C20H23ClN2O7/c1-6-10(2)15(24)14(23-18(27)20(3,4)30-19(23)28)16(25)22-13-9-11(17(26)29-5)7-8-12(13)21/h7-10,14H,6H2,1-5H3,(H,22,25). The van der Waals surface area contributed by atoms with Gasteiger partial charge >= 0.3 is 12.1 Å². The highest BCUT2D eigenvalue weighted by atomic mass is 35.5. The minimum atomic E-state index is -1.75. The molecule has 1 N–H and O–H groups in total. The van der Waals surface area contributed by atoms with Gasteiger partial charge in [-0.05, 0) is 38.5 Å². The van der Waals surface area contributed by atoms with Crippen LogP contribution in [0.15, 0.2) is 18.2 Å². The van der Waals surface area contributed by atoms with E-state index < -0.39 is 47.2 Å². The number of hydrogen-bond donors (Lipinski definition) is 1. The molecular weight excluding hydrogens is 416 g/mol. The summed E-state index contributed by atoms with van der Waals surface area (Å²) in [6.45, 7) is 6.06. The van der Waals surface area contributed by atoms with Crippen LogP contribution in [0.3, 0.4) is 0 Å². The Morgan fingerprint density at radius 1 is 1.27 bits per heavy atom. The largest absolute Gasteiger partial charge is 0.465 e. The maximum Gasteiger partial charge on any atom is 0.418 e. The average Bonchev–Trinajstić information content (AvgIpc) is 2.90. The fourth-order valence-electron chi connectivity index (χ4n) is 2.82. The first-order valence-corrected chi connectivity index (χ1v) is 9.61. The molecule has 1 saturated heterocycles. The van der Waals surface area contributed by atoms with Crippen LogP contribution in [0.25, 0.3) is 0 Å². The number of carbonyl (C=O) groups excluding carboxylic acids is 5. The van der Waals surface area contributed by atoms with E-state index in [-0.39, 0.29) is 16.3 Å². The number of ether oxygens (including phenoxy) is 2. The van der Waals surface area contributed by atoms with E-state index >= 15 is 0 Å². The number of nitrogens with one attached hydrogen (secondary N) is 1. The lowest BCUT2D eigenvalue weighted by Crippen LogP contribution is -2.54. The van der Waals surface area contributed by atoms with Gasteiger partial charge in [-0.2, -0.15) is 0 Å². The van der Waals surface area contributed by atoms with E-state index in [4.69, 9.17) is 16.3 Å². The van der Waals surface area contributed by atoms with Crippen LogP contribution in [0.5, 0.6) is 0 Å². The Hall–Kier alpha value is -2.94. The molecule has 2 unspecified atom stereocenters. The van der Waals surface area contributed by atoms with Crippen LogP contribution >= 0.6 is 11.6 Å². The van der Waals surface area contributed by atoms with Crippen molar-refractivity contribution < 1.29 is 33.4 Å². The summed E-state index contributed by atoms with van der Waals surface area (Å²) in [5, 5.41) is 2.52. The quantitative estimate of drug-likeness (QED) is 0.513. The first-order valence-electron chi connectivity index (χ1n) is 9.23. The van der Waals surface area contributed by atoms with Gasteiger partial charge in [-0.15, -0.1) is 0 Å². The van der Waals surface area contributed by atoms with E-state index in [9.17, 15) is 24.0 Å². The number of hydrogen-bond acceptors (Lipinski definition) is 7. The van der Waals surface area contributed by atoms with Gasteiger partial charge in [0.25, 0.3) is 11.8 Å². The summed E-state index contributed by atoms with van der Waals surface area (Å²) in [5.41, 5.74) is -1.38. The number of nitrogens with zero attached hydrogens (tertiary/aromatic N) is 1. The number of Topliss-reactive ketones (excluding diaryl/α,β-unsaturated/α-hetero) is 1. The van der Waals surface area contributed by atoms with Gasteiger partial charge in [0, 0.05) is 5.92 Å². The minimum Gasteiger partial charge on any atom is -0.465 e. The van der Waals surface area contributed by atoms with Crippen LogP contribution in [0.1, 0.15) is 44.5 Å². The van der Waals surface area contributed by atoms with E-state index in [0.717, 1.165) is 0 Å². The number of rotatable bonds is 7. The zero-order valence-corrected chi connectivity index (χ0v) is 18.0. The second kappa shape index (κ2) is 8.83. The van der Waals surface area contributed by atoms with Crippen molar-refractivity contribution in [3.05, 3.63) is 28.8 Å². The molecule has 2 atom stereocenters. The Labute approximate surface area is 178 Å². The first-order chi connectivity index (χ1) is 13.9. The Balaban J connectivity index is 2.44. The van der Waals surface area contributed by atoms with Crippen molar-refractivity contribution in [1.82, 2.24) is 4.90 Å². The van der Waals surface area contributed by atoms with E-state index in [1.807, 2.05) is 0 Å². The highest BCUT2D eigenvalue weighted by Gasteiger charge is 2.54. The van der Waals surface area contributed by atoms with Crippen LogP contribution in [0.4, 0.5) is 10.5 Å². The highest BCUT2D eigenvalue weighted by Crippen LogP contribution is 2.29. The monoisotopic (exact) mass is 438 g/mol. The average molecular weight is 439 g/mol. The fraction of sp³-hybridized carbons (Fsp3) is 0.450. The van der Waals surface area contributed by atoms with Gasteiger partial charge < -0.3 is 14.8 Å². The second-order valence-electron chi connectivity index (χ2n) is 7.34. The summed E-state index contributed by atoms with van der Waals surface area (Å²) >= 11 is 6.10. The van der Waals surface area contributed by atoms with Crippen LogP contribution < -0.4 is 5.32 Å². The van der Waals surface area contributed by atoms with Crippen LogP contribution in [-0.4, -0.2) is 53.3 Å². The van der Waals surface area contributed by atoms with Gasteiger partial charge in [-0.3, -0.25) is 14.4 Å². The van der Waals surface area contributed by atoms with Crippen molar-refractivity contribution in [3.8, 4) is 0 Å². The number of cyclic esters (lactones) is 1. The van der Waals surface area contributed by atoms with Crippen molar-refractivity contribution in [2.24, 2.45) is 5.92 Å². The molecule has 1 aromatic carbocycles. The molecule has 1 heterocycles. The molecule has 9 nitrogen and oxygen atoms in total. The van der Waals surface area contributed by atoms with Gasteiger partial charge in [0.05, 0.1) is 23.4 Å². The van der Waals surface area contributed by atoms with Gasteiger partial charge in [-0.1, -0.05) is 25.4 Å². The molecule has 0 spiro atoms. The van der Waals surface area contributed by atoms with Crippen molar-refractivity contribution in [1.29, 1.82) is 0 Å². The SMILES string of the molecule is CCC(C)C(=O)C(C(=O)Nc1cc(C(=O)OC)ccc1Cl)N1C(=O)OC(C)(C)C1=O. The van der Waals surface area contributed by atoms with E-state index in [0.29, 0.717) is 11.3 Å². The summed E-state index contributed by atoms with van der Waals surface area (Å²) in [5.74, 6) is -3.65. The molecule has 162 valence electrons. The maximum absolute atomic E-state index is 13.1. The lowest BCUT2D eigenvalue weighted by atomic mass is 9.95. The molecule has 3 amide bonds. The van der Waals surface area contributed by atoms with Crippen LogP contribution in [0, 0.1) is 5.92 Å². The van der Waals surface area contributed by atoms with Gasteiger partial charge in [0.2, 0.25) is 0 Å². The molecule has 10 heteroatoms. The third kappa shape index (κ3) is 4.46. The number of benzene rings is 1. The predicted molar refractivity (Wildman–Crippen MR) is 107 cm³/mol. The summed E-state index contributed by atoms with van der Waals surface area (Å²) in [7, 11) is 1.20. The van der Waals surface area contributed by atoms with Crippen LogP contribution in [-0.2, 0) is 23.9 Å². The summed E-state index contributed by atoms with van der Waals surface area (Å²) in [4.78, 5) is 63.3. The fourth-order valence-corrected chi connectivity index (χ4v) is 2.98. The molecule has 1 aromatic rings. The number of esters is 1. The summed E-state index contributed by atoms with van der Waals surface area (Å²) < 4.78 is 9.66. The molecular formula is C20H23ClN2O7. The third-order valence-corrected chi connectivity index (χ3v) is 5.12. The molecule has 1 fully saturated rings. The Kier molecular flexibility index (Phi) is 6.87. The van der Waals surface area contributed by atoms with E-state index in [2.05, 4.69) is 10.1 Å². The first kappa shape index (κ1) is 23.3. The Morgan fingerprint density at radius 3 is 2.40 bits per heavy atom. The van der Waals surface area contributed by atoms with E-state index in [1.54, 1.807) is 13.8 Å². The molecule has 0 aliphatic carbocycles. The smallest absolute Gasteiger partial charge is 0.418 e. The molecule has 0 saturated carbocycles. The number of methoxy groups -OCH3 is 1. The predicted octanol–water partition coefficient (Wildman–Crippen LogP) is 2.81. The van der Waals surface area contributed by atoms with Crippen molar-refractivity contribution >= 4 is 46.9 Å². The molecule has 1 aliphatic heterocycles. The number of imide groups is 1. The van der Waals surface area contributed by atoms with Gasteiger partial charge in [0.15, 0.2) is 17.4 Å². The Morgan fingerprint density at radius 2 is 1.90 bits per heavy atom. The van der Waals surface area contributed by atoms with Gasteiger partial charge in [-0.25, -0.2) is 14.5 Å². The summed E-state index contributed by atoms with van der Waals surface area (Å²) in [6, 6.07) is 2.29. The number of anilines is 1. The number of ketones is 1. The number of carbonyl (C=O) groups is 5. The topological polar surface area (TPSA) is 119 Å².